The van der Waals surface area contributed by atoms with E-state index in [0.29, 0.717) is 34.8 Å². The van der Waals surface area contributed by atoms with E-state index < -0.39 is 0 Å². The Kier molecular flexibility index (Phi) is 4.25. The van der Waals surface area contributed by atoms with E-state index in [1.807, 2.05) is 37.3 Å². The third-order valence-electron chi connectivity index (χ3n) is 3.90. The maximum absolute atomic E-state index is 12.4. The minimum Gasteiger partial charge on any atom is -0.341 e. The van der Waals surface area contributed by atoms with Crippen LogP contribution < -0.4 is 0 Å². The molecular formula is C16H15N7O2S. The van der Waals surface area contributed by atoms with Crippen LogP contribution in [0.5, 0.6) is 0 Å². The molecule has 4 rings (SSSR count). The van der Waals surface area contributed by atoms with Gasteiger partial charge in [0.05, 0.1) is 5.75 Å². The van der Waals surface area contributed by atoms with Crippen molar-refractivity contribution in [2.75, 3.05) is 12.8 Å². The highest BCUT2D eigenvalue weighted by atomic mass is 32.2. The lowest BCUT2D eigenvalue weighted by Gasteiger charge is -2.16. The van der Waals surface area contributed by atoms with Crippen molar-refractivity contribution in [2.45, 2.75) is 18.5 Å². The molecule has 0 saturated carbocycles. The maximum Gasteiger partial charge on any atom is 0.233 e. The van der Waals surface area contributed by atoms with Gasteiger partial charge in [-0.15, -0.1) is 10.2 Å². The van der Waals surface area contributed by atoms with Crippen molar-refractivity contribution >= 4 is 34.3 Å². The SMILES string of the molecule is Cc1nnc2ccc(SCC(=O)N(C)Cc3ccc4nonc4c3)nn12. The van der Waals surface area contributed by atoms with Gasteiger partial charge in [-0.25, -0.2) is 4.63 Å². The van der Waals surface area contributed by atoms with Crippen molar-refractivity contribution in [3.8, 4) is 0 Å². The molecule has 1 amide bonds. The Morgan fingerprint density at radius 2 is 2.04 bits per heavy atom. The lowest BCUT2D eigenvalue weighted by molar-refractivity contribution is -0.127. The zero-order valence-electron chi connectivity index (χ0n) is 14.2. The molecule has 0 bridgehead atoms. The highest BCUT2D eigenvalue weighted by molar-refractivity contribution is 7.99. The smallest absolute Gasteiger partial charge is 0.233 e. The number of hydrogen-bond donors (Lipinski definition) is 0. The van der Waals surface area contributed by atoms with Crippen LogP contribution in [0.15, 0.2) is 40.0 Å². The van der Waals surface area contributed by atoms with E-state index in [1.54, 1.807) is 16.5 Å². The molecule has 132 valence electrons. The van der Waals surface area contributed by atoms with Gasteiger partial charge in [0, 0.05) is 13.6 Å². The molecule has 0 saturated heterocycles. The van der Waals surface area contributed by atoms with Gasteiger partial charge in [0.1, 0.15) is 16.1 Å². The van der Waals surface area contributed by atoms with Crippen LogP contribution in [0, 0.1) is 6.92 Å². The molecule has 0 N–H and O–H groups in total. The van der Waals surface area contributed by atoms with Crippen LogP contribution in [0.1, 0.15) is 11.4 Å². The molecule has 26 heavy (non-hydrogen) atoms. The quantitative estimate of drug-likeness (QED) is 0.490. The number of nitrogens with zero attached hydrogens (tertiary/aromatic N) is 7. The second-order valence-corrected chi connectivity index (χ2v) is 6.81. The molecule has 0 spiro atoms. The molecule has 3 heterocycles. The van der Waals surface area contributed by atoms with Crippen LogP contribution in [0.3, 0.4) is 0 Å². The number of thioether (sulfide) groups is 1. The average molecular weight is 369 g/mol. The molecule has 0 radical (unpaired) electrons. The molecule has 10 heteroatoms. The van der Waals surface area contributed by atoms with Gasteiger partial charge in [0.2, 0.25) is 5.91 Å². The summed E-state index contributed by atoms with van der Waals surface area (Å²) in [6.45, 7) is 2.32. The van der Waals surface area contributed by atoms with Crippen LogP contribution in [0.25, 0.3) is 16.7 Å². The fourth-order valence-electron chi connectivity index (χ4n) is 2.49. The highest BCUT2D eigenvalue weighted by Gasteiger charge is 2.12. The Hall–Kier alpha value is -3.01. The van der Waals surface area contributed by atoms with Gasteiger partial charge in [0.15, 0.2) is 11.5 Å². The second-order valence-electron chi connectivity index (χ2n) is 5.81. The Balaban J connectivity index is 1.39. The number of hydrogen-bond acceptors (Lipinski definition) is 8. The molecule has 3 aromatic heterocycles. The van der Waals surface area contributed by atoms with Gasteiger partial charge in [-0.1, -0.05) is 17.8 Å². The number of aryl methyl sites for hydroxylation is 1. The van der Waals surface area contributed by atoms with E-state index in [4.69, 9.17) is 4.63 Å². The van der Waals surface area contributed by atoms with Crippen LogP contribution in [0.2, 0.25) is 0 Å². The average Bonchev–Trinajstić information content (AvgIpc) is 3.26. The third-order valence-corrected chi connectivity index (χ3v) is 4.81. The van der Waals surface area contributed by atoms with Crippen molar-refractivity contribution in [3.63, 3.8) is 0 Å². The molecule has 0 unspecified atom stereocenters. The van der Waals surface area contributed by atoms with E-state index in [0.717, 1.165) is 10.6 Å². The standard InChI is InChI=1S/C16H15N7O2S/c1-10-17-18-14-5-6-15(19-23(10)14)26-9-16(24)22(2)8-11-3-4-12-13(7-11)21-25-20-12/h3-7H,8-9H2,1-2H3. The number of aromatic nitrogens is 6. The number of rotatable bonds is 5. The van der Waals surface area contributed by atoms with E-state index in [9.17, 15) is 4.79 Å². The predicted octanol–water partition coefficient (Wildman–Crippen LogP) is 1.72. The van der Waals surface area contributed by atoms with Crippen molar-refractivity contribution in [2.24, 2.45) is 0 Å². The minimum atomic E-state index is 0.00995. The van der Waals surface area contributed by atoms with Gasteiger partial charge >= 0.3 is 0 Å². The molecule has 0 atom stereocenters. The monoisotopic (exact) mass is 369 g/mol. The van der Waals surface area contributed by atoms with Crippen molar-refractivity contribution < 1.29 is 9.42 Å². The van der Waals surface area contributed by atoms with Crippen molar-refractivity contribution in [3.05, 3.63) is 41.7 Å². The zero-order valence-corrected chi connectivity index (χ0v) is 15.0. The van der Waals surface area contributed by atoms with Crippen LogP contribution in [-0.4, -0.2) is 53.7 Å². The summed E-state index contributed by atoms with van der Waals surface area (Å²) in [5, 5.41) is 20.7. The third kappa shape index (κ3) is 3.23. The molecule has 0 aliphatic heterocycles. The Morgan fingerprint density at radius 1 is 1.19 bits per heavy atom. The van der Waals surface area contributed by atoms with E-state index >= 15 is 0 Å². The lowest BCUT2D eigenvalue weighted by atomic mass is 10.2. The van der Waals surface area contributed by atoms with Crippen LogP contribution in [-0.2, 0) is 11.3 Å². The van der Waals surface area contributed by atoms with Gasteiger partial charge in [-0.2, -0.15) is 9.61 Å². The first-order valence-electron chi connectivity index (χ1n) is 7.87. The lowest BCUT2D eigenvalue weighted by Crippen LogP contribution is -2.27. The zero-order chi connectivity index (χ0) is 18.1. The van der Waals surface area contributed by atoms with Crippen LogP contribution >= 0.6 is 11.8 Å². The Bertz CT molecular complexity index is 1090. The molecule has 1 aromatic carbocycles. The molecular weight excluding hydrogens is 354 g/mol. The number of benzene rings is 1. The van der Waals surface area contributed by atoms with Gasteiger partial charge in [0.25, 0.3) is 0 Å². The first kappa shape index (κ1) is 16.5. The topological polar surface area (TPSA) is 102 Å². The number of amides is 1. The molecule has 4 aromatic rings. The van der Waals surface area contributed by atoms with Gasteiger partial charge in [-0.3, -0.25) is 4.79 Å². The van der Waals surface area contributed by atoms with Crippen molar-refractivity contribution in [1.82, 2.24) is 35.0 Å². The second kappa shape index (κ2) is 6.71. The first-order valence-corrected chi connectivity index (χ1v) is 8.86. The fourth-order valence-corrected chi connectivity index (χ4v) is 3.29. The maximum atomic E-state index is 12.4. The number of carbonyl (C=O) groups excluding carboxylic acids is 1. The largest absolute Gasteiger partial charge is 0.341 e. The van der Waals surface area contributed by atoms with Crippen molar-refractivity contribution in [1.29, 1.82) is 0 Å². The summed E-state index contributed by atoms with van der Waals surface area (Å²) in [5.41, 5.74) is 3.03. The van der Waals surface area contributed by atoms with E-state index in [1.165, 1.54) is 11.8 Å². The van der Waals surface area contributed by atoms with Gasteiger partial charge < -0.3 is 4.90 Å². The molecule has 9 nitrogen and oxygen atoms in total. The number of fused-ring (bicyclic) bond motifs is 2. The summed E-state index contributed by atoms with van der Waals surface area (Å²) < 4.78 is 6.36. The Labute approximate surface area is 152 Å². The summed E-state index contributed by atoms with van der Waals surface area (Å²) >= 11 is 1.38. The summed E-state index contributed by atoms with van der Waals surface area (Å²) in [6.07, 6.45) is 0. The molecule has 0 aliphatic rings. The summed E-state index contributed by atoms with van der Waals surface area (Å²) in [7, 11) is 1.77. The summed E-state index contributed by atoms with van der Waals surface area (Å²) in [5.74, 6) is 1.02. The number of carbonyl (C=O) groups is 1. The minimum absolute atomic E-state index is 0.00995. The predicted molar refractivity (Wildman–Crippen MR) is 94.5 cm³/mol. The molecule has 0 aliphatic carbocycles. The summed E-state index contributed by atoms with van der Waals surface area (Å²) in [6, 6.07) is 9.28. The van der Waals surface area contributed by atoms with Crippen LogP contribution in [0.4, 0.5) is 0 Å². The highest BCUT2D eigenvalue weighted by Crippen LogP contribution is 2.17. The molecule has 0 fully saturated rings. The van der Waals surface area contributed by atoms with E-state index in [2.05, 4.69) is 25.6 Å². The van der Waals surface area contributed by atoms with Gasteiger partial charge in [-0.05, 0) is 47.1 Å². The Morgan fingerprint density at radius 3 is 2.92 bits per heavy atom. The normalized spacial score (nSPS) is 11.3. The summed E-state index contributed by atoms with van der Waals surface area (Å²) in [4.78, 5) is 14.1. The fraction of sp³-hybridized carbons (Fsp3) is 0.250. The van der Waals surface area contributed by atoms with E-state index in [-0.39, 0.29) is 5.91 Å². The first-order chi connectivity index (χ1) is 12.6.